The summed E-state index contributed by atoms with van der Waals surface area (Å²) in [7, 11) is 2.31. The molecule has 2 aliphatic rings. The van der Waals surface area contributed by atoms with Crippen molar-refractivity contribution in [3.8, 4) is 0 Å². The van der Waals surface area contributed by atoms with Crippen LogP contribution in [0, 0.1) is 0 Å². The van der Waals surface area contributed by atoms with Gasteiger partial charge in [-0.25, -0.2) is 0 Å². The predicted octanol–water partition coefficient (Wildman–Crippen LogP) is -1.87. The van der Waals surface area contributed by atoms with Gasteiger partial charge < -0.3 is 14.5 Å². The molecule has 2 N–H and O–H groups in total. The Morgan fingerprint density at radius 2 is 2.07 bits per heavy atom. The van der Waals surface area contributed by atoms with E-state index in [-0.39, 0.29) is 0 Å². The van der Waals surface area contributed by atoms with Crippen molar-refractivity contribution < 1.29 is 14.5 Å². The van der Waals surface area contributed by atoms with Gasteiger partial charge in [0, 0.05) is 12.8 Å². The van der Waals surface area contributed by atoms with Gasteiger partial charge in [-0.1, -0.05) is 0 Å². The topological polar surface area (TPSA) is 18.1 Å². The van der Waals surface area contributed by atoms with Crippen molar-refractivity contribution in [1.29, 1.82) is 0 Å². The van der Waals surface area contributed by atoms with Gasteiger partial charge in [0.1, 0.15) is 19.1 Å². The van der Waals surface area contributed by atoms with Crippen molar-refractivity contribution >= 4 is 0 Å². The molecule has 0 amide bonds. The smallest absolute Gasteiger partial charge is 0.106 e. The third-order valence-electron chi connectivity index (χ3n) is 3.69. The number of morpholine rings is 1. The van der Waals surface area contributed by atoms with Gasteiger partial charge >= 0.3 is 0 Å². The molecular formula is C12H24N2O+2. The van der Waals surface area contributed by atoms with E-state index in [1.807, 2.05) is 0 Å². The summed E-state index contributed by atoms with van der Waals surface area (Å²) in [6.07, 6.45) is 7.59. The highest BCUT2D eigenvalue weighted by atomic mass is 16.5. The van der Waals surface area contributed by atoms with E-state index >= 15 is 0 Å². The Morgan fingerprint density at radius 3 is 2.73 bits per heavy atom. The number of ether oxygens (including phenoxy) is 1. The van der Waals surface area contributed by atoms with Crippen LogP contribution in [0.2, 0.25) is 0 Å². The molecule has 3 nitrogen and oxygen atoms in total. The number of likely N-dealkylation sites (tertiary alicyclic amines) is 1. The van der Waals surface area contributed by atoms with Crippen molar-refractivity contribution in [2.45, 2.75) is 18.9 Å². The molecule has 3 heteroatoms. The second-order valence-corrected chi connectivity index (χ2v) is 4.84. The fourth-order valence-electron chi connectivity index (χ4n) is 2.56. The van der Waals surface area contributed by atoms with Gasteiger partial charge in [0.15, 0.2) is 0 Å². The minimum atomic E-state index is 0.783. The fraction of sp³-hybridized carbons (Fsp3) is 0.833. The van der Waals surface area contributed by atoms with Crippen molar-refractivity contribution in [1.82, 2.24) is 0 Å². The molecule has 0 aliphatic carbocycles. The van der Waals surface area contributed by atoms with E-state index in [1.54, 1.807) is 9.80 Å². The molecule has 0 saturated carbocycles. The van der Waals surface area contributed by atoms with Gasteiger partial charge in [0.25, 0.3) is 0 Å². The van der Waals surface area contributed by atoms with Gasteiger partial charge in [-0.3, -0.25) is 0 Å². The first-order valence-corrected chi connectivity index (χ1v) is 6.26. The lowest BCUT2D eigenvalue weighted by Gasteiger charge is -2.22. The van der Waals surface area contributed by atoms with Crippen LogP contribution >= 0.6 is 0 Å². The molecule has 1 unspecified atom stereocenters. The number of hydrogen-bond acceptors (Lipinski definition) is 1. The first kappa shape index (κ1) is 11.1. The van der Waals surface area contributed by atoms with Gasteiger partial charge in [-0.15, -0.1) is 0 Å². The predicted molar refractivity (Wildman–Crippen MR) is 60.3 cm³/mol. The number of likely N-dealkylation sites (N-methyl/N-ethyl adjacent to an activating group) is 1. The van der Waals surface area contributed by atoms with Gasteiger partial charge in [-0.05, 0) is 12.2 Å². The standard InChI is InChI=1S/C12H22N2O/c1-13-6-2-4-12(13)5-3-7-14-8-10-15-11-9-14/h3,5,12H,2,4,6-11H2,1H3/p+2/b5-3+/t12-/m0/s1. The van der Waals surface area contributed by atoms with E-state index in [2.05, 4.69) is 19.2 Å². The number of rotatable bonds is 3. The molecule has 0 radical (unpaired) electrons. The highest BCUT2D eigenvalue weighted by Gasteiger charge is 2.21. The lowest BCUT2D eigenvalue weighted by atomic mass is 10.2. The molecule has 0 aromatic rings. The van der Waals surface area contributed by atoms with Gasteiger partial charge in [0.05, 0.1) is 33.4 Å². The first-order chi connectivity index (χ1) is 7.36. The molecule has 2 fully saturated rings. The van der Waals surface area contributed by atoms with Crippen molar-refractivity contribution in [3.63, 3.8) is 0 Å². The van der Waals surface area contributed by atoms with Gasteiger partial charge in [-0.2, -0.15) is 0 Å². The first-order valence-electron chi connectivity index (χ1n) is 6.26. The Bertz CT molecular complexity index is 212. The van der Waals surface area contributed by atoms with E-state index < -0.39 is 0 Å². The zero-order valence-electron chi connectivity index (χ0n) is 9.80. The highest BCUT2D eigenvalue weighted by molar-refractivity contribution is 4.89. The Kier molecular flexibility index (Phi) is 4.18. The zero-order valence-corrected chi connectivity index (χ0v) is 9.80. The number of quaternary nitrogens is 2. The van der Waals surface area contributed by atoms with Gasteiger partial charge in [0.2, 0.25) is 0 Å². The average molecular weight is 212 g/mol. The Hall–Kier alpha value is -0.380. The molecule has 2 rings (SSSR count). The maximum absolute atomic E-state index is 5.35. The van der Waals surface area contributed by atoms with Crippen molar-refractivity contribution in [2.24, 2.45) is 0 Å². The average Bonchev–Trinajstić information content (AvgIpc) is 2.66. The van der Waals surface area contributed by atoms with E-state index in [9.17, 15) is 0 Å². The summed E-state index contributed by atoms with van der Waals surface area (Å²) in [6.45, 7) is 6.78. The van der Waals surface area contributed by atoms with E-state index in [0.717, 1.165) is 19.3 Å². The van der Waals surface area contributed by atoms with Crippen LogP contribution in [0.3, 0.4) is 0 Å². The Balaban J connectivity index is 1.69. The SMILES string of the molecule is C[NH+]1CCC[C@H]1/C=C/C[NH+]1CCOCC1. The molecule has 0 bridgehead atoms. The fourth-order valence-corrected chi connectivity index (χ4v) is 2.56. The molecule has 15 heavy (non-hydrogen) atoms. The molecule has 2 heterocycles. The van der Waals surface area contributed by atoms with Crippen LogP contribution in [-0.4, -0.2) is 52.5 Å². The quantitative estimate of drug-likeness (QED) is 0.525. The second-order valence-electron chi connectivity index (χ2n) is 4.84. The van der Waals surface area contributed by atoms with E-state index in [1.165, 1.54) is 39.0 Å². The summed E-state index contributed by atoms with van der Waals surface area (Å²) in [6, 6.07) is 0.783. The van der Waals surface area contributed by atoms with Crippen LogP contribution in [0.15, 0.2) is 12.2 Å². The number of nitrogens with one attached hydrogen (secondary N) is 2. The number of hydrogen-bond donors (Lipinski definition) is 2. The van der Waals surface area contributed by atoms with Crippen LogP contribution in [0.4, 0.5) is 0 Å². The monoisotopic (exact) mass is 212 g/mol. The van der Waals surface area contributed by atoms with Crippen LogP contribution < -0.4 is 9.80 Å². The summed E-state index contributed by atoms with van der Waals surface area (Å²) in [5, 5.41) is 0. The third kappa shape index (κ3) is 3.30. The Morgan fingerprint density at radius 1 is 1.27 bits per heavy atom. The molecule has 2 saturated heterocycles. The van der Waals surface area contributed by atoms with Crippen molar-refractivity contribution in [2.75, 3.05) is 46.4 Å². The largest absolute Gasteiger partial charge is 0.370 e. The molecule has 86 valence electrons. The maximum Gasteiger partial charge on any atom is 0.106 e. The summed E-state index contributed by atoms with van der Waals surface area (Å²) < 4.78 is 5.35. The minimum absolute atomic E-state index is 0.783. The van der Waals surface area contributed by atoms with E-state index in [4.69, 9.17) is 4.74 Å². The molecule has 2 aliphatic heterocycles. The van der Waals surface area contributed by atoms with Crippen LogP contribution in [0.5, 0.6) is 0 Å². The van der Waals surface area contributed by atoms with Crippen molar-refractivity contribution in [3.05, 3.63) is 12.2 Å². The Labute approximate surface area is 92.7 Å². The zero-order chi connectivity index (χ0) is 10.5. The maximum atomic E-state index is 5.35. The normalized spacial score (nSPS) is 33.9. The summed E-state index contributed by atoms with van der Waals surface area (Å²) in [5.74, 6) is 0. The lowest BCUT2D eigenvalue weighted by Crippen LogP contribution is -3.14. The summed E-state index contributed by atoms with van der Waals surface area (Å²) >= 11 is 0. The molecule has 0 aromatic heterocycles. The summed E-state index contributed by atoms with van der Waals surface area (Å²) in [5.41, 5.74) is 0. The highest BCUT2D eigenvalue weighted by Crippen LogP contribution is 1.99. The summed E-state index contributed by atoms with van der Waals surface area (Å²) in [4.78, 5) is 3.36. The van der Waals surface area contributed by atoms with Crippen LogP contribution in [0.1, 0.15) is 12.8 Å². The molecule has 0 aromatic carbocycles. The molecule has 2 atom stereocenters. The van der Waals surface area contributed by atoms with Crippen LogP contribution in [0.25, 0.3) is 0 Å². The lowest BCUT2D eigenvalue weighted by molar-refractivity contribution is -0.902. The van der Waals surface area contributed by atoms with E-state index in [0.29, 0.717) is 0 Å². The molecule has 0 spiro atoms. The van der Waals surface area contributed by atoms with Crippen LogP contribution in [-0.2, 0) is 4.74 Å². The third-order valence-corrected chi connectivity index (χ3v) is 3.69. The molecular weight excluding hydrogens is 188 g/mol. The second kappa shape index (κ2) is 5.64. The minimum Gasteiger partial charge on any atom is -0.370 e.